The van der Waals surface area contributed by atoms with Gasteiger partial charge in [0.15, 0.2) is 0 Å². The van der Waals surface area contributed by atoms with Crippen molar-refractivity contribution in [1.29, 1.82) is 0 Å². The van der Waals surface area contributed by atoms with E-state index >= 15 is 0 Å². The third-order valence-electron chi connectivity index (χ3n) is 4.64. The summed E-state index contributed by atoms with van der Waals surface area (Å²) in [5.41, 5.74) is 2.58. The predicted molar refractivity (Wildman–Crippen MR) is 114 cm³/mol. The number of rotatable bonds is 1. The van der Waals surface area contributed by atoms with E-state index in [9.17, 15) is 4.79 Å². The lowest BCUT2D eigenvalue weighted by Gasteiger charge is -2.14. The Balaban J connectivity index is 0.000000872. The van der Waals surface area contributed by atoms with Crippen molar-refractivity contribution in [2.45, 2.75) is 13.8 Å². The van der Waals surface area contributed by atoms with E-state index in [0.717, 1.165) is 32.9 Å². The van der Waals surface area contributed by atoms with Crippen LogP contribution in [-0.4, -0.2) is 9.55 Å². The number of benzene rings is 3. The molecule has 0 saturated heterocycles. The second kappa shape index (κ2) is 7.04. The fourth-order valence-electron chi connectivity index (χ4n) is 3.53. The van der Waals surface area contributed by atoms with Gasteiger partial charge in [0, 0.05) is 28.0 Å². The van der Waals surface area contributed by atoms with Crippen molar-refractivity contribution >= 4 is 32.6 Å². The molecule has 0 saturated carbocycles. The van der Waals surface area contributed by atoms with Gasteiger partial charge in [0.05, 0.1) is 16.4 Å². The monoisotopic (exact) mass is 352 g/mol. The summed E-state index contributed by atoms with van der Waals surface area (Å²) in [6, 6.07) is 25.6. The van der Waals surface area contributed by atoms with Gasteiger partial charge >= 0.3 is 0 Å². The molecule has 0 aliphatic heterocycles. The number of hydrogen-bond donors (Lipinski definition) is 0. The molecule has 3 nitrogen and oxygen atoms in total. The fraction of sp³-hybridized carbons (Fsp3) is 0.0833. The van der Waals surface area contributed by atoms with Crippen LogP contribution in [0.1, 0.15) is 13.8 Å². The number of fused-ring (bicyclic) bond motifs is 5. The van der Waals surface area contributed by atoms with E-state index in [-0.39, 0.29) is 5.56 Å². The van der Waals surface area contributed by atoms with Gasteiger partial charge < -0.3 is 0 Å². The lowest BCUT2D eigenvalue weighted by molar-refractivity contribution is 1.06. The first kappa shape index (κ1) is 17.0. The summed E-state index contributed by atoms with van der Waals surface area (Å²) >= 11 is 0. The van der Waals surface area contributed by atoms with Crippen molar-refractivity contribution in [1.82, 2.24) is 9.55 Å². The van der Waals surface area contributed by atoms with Crippen LogP contribution in [0.4, 0.5) is 0 Å². The Labute approximate surface area is 157 Å². The zero-order valence-electron chi connectivity index (χ0n) is 15.4. The average molecular weight is 352 g/mol. The number of hydrogen-bond acceptors (Lipinski definition) is 2. The predicted octanol–water partition coefficient (Wildman–Crippen LogP) is 5.72. The van der Waals surface area contributed by atoms with Gasteiger partial charge in [0.1, 0.15) is 0 Å². The van der Waals surface area contributed by atoms with Gasteiger partial charge in [-0.05, 0) is 24.3 Å². The van der Waals surface area contributed by atoms with Gasteiger partial charge in [-0.25, -0.2) is 0 Å². The Kier molecular flexibility index (Phi) is 4.43. The molecule has 0 spiro atoms. The smallest absolute Gasteiger partial charge is 0.264 e. The molecule has 132 valence electrons. The molecule has 0 N–H and O–H groups in total. The molecule has 0 amide bonds. The maximum absolute atomic E-state index is 13.5. The lowest BCUT2D eigenvalue weighted by atomic mass is 10.0. The number of pyridine rings is 2. The summed E-state index contributed by atoms with van der Waals surface area (Å²) in [5.74, 6) is 0. The van der Waals surface area contributed by atoms with Crippen LogP contribution in [-0.2, 0) is 0 Å². The normalized spacial score (nSPS) is 10.7. The Morgan fingerprint density at radius 1 is 0.704 bits per heavy atom. The van der Waals surface area contributed by atoms with Crippen molar-refractivity contribution in [2.24, 2.45) is 0 Å². The standard InChI is InChI=1S/C22H14N2O.C2H6/c25-22-21-17-11-4-6-12-19(17)23-14-18(21)16-10-5-7-13-20(16)24(22)15-8-2-1-3-9-15;1-2/h1-14H;1-2H3. The molecule has 0 atom stereocenters. The molecule has 2 aromatic heterocycles. The van der Waals surface area contributed by atoms with Crippen LogP contribution in [0.3, 0.4) is 0 Å². The molecule has 0 unspecified atom stereocenters. The SMILES string of the molecule is CC.O=c1c2c3ccccc3ncc2c2ccccc2n1-c1ccccc1. The summed E-state index contributed by atoms with van der Waals surface area (Å²) in [6.07, 6.45) is 1.82. The minimum atomic E-state index is -0.0153. The zero-order chi connectivity index (χ0) is 18.8. The van der Waals surface area contributed by atoms with Gasteiger partial charge in [-0.15, -0.1) is 0 Å². The summed E-state index contributed by atoms with van der Waals surface area (Å²) in [7, 11) is 0. The molecule has 5 rings (SSSR count). The van der Waals surface area contributed by atoms with E-state index in [1.807, 2.05) is 98.9 Å². The molecular weight excluding hydrogens is 332 g/mol. The van der Waals surface area contributed by atoms with Crippen LogP contribution in [0.5, 0.6) is 0 Å². The van der Waals surface area contributed by atoms with Crippen molar-refractivity contribution in [3.8, 4) is 5.69 Å². The first-order chi connectivity index (χ1) is 13.3. The van der Waals surface area contributed by atoms with E-state index in [1.54, 1.807) is 4.57 Å². The van der Waals surface area contributed by atoms with Crippen LogP contribution < -0.4 is 5.56 Å². The Hall–Kier alpha value is -3.46. The molecule has 0 radical (unpaired) electrons. The molecule has 3 heteroatoms. The van der Waals surface area contributed by atoms with Gasteiger partial charge in [-0.3, -0.25) is 14.3 Å². The highest BCUT2D eigenvalue weighted by Crippen LogP contribution is 2.28. The van der Waals surface area contributed by atoms with Gasteiger partial charge in [-0.2, -0.15) is 0 Å². The van der Waals surface area contributed by atoms with Gasteiger partial charge in [0.2, 0.25) is 0 Å². The molecule has 0 aliphatic rings. The quantitative estimate of drug-likeness (QED) is 0.362. The zero-order valence-corrected chi connectivity index (χ0v) is 15.4. The number of aromatic nitrogens is 2. The van der Waals surface area contributed by atoms with Crippen LogP contribution in [0.25, 0.3) is 38.3 Å². The van der Waals surface area contributed by atoms with Crippen LogP contribution >= 0.6 is 0 Å². The first-order valence-corrected chi connectivity index (χ1v) is 9.21. The summed E-state index contributed by atoms with van der Waals surface area (Å²) in [5, 5.41) is 3.53. The topological polar surface area (TPSA) is 34.9 Å². The summed E-state index contributed by atoms with van der Waals surface area (Å²) in [6.45, 7) is 4.00. The molecule has 27 heavy (non-hydrogen) atoms. The number of para-hydroxylation sites is 3. The van der Waals surface area contributed by atoms with Gasteiger partial charge in [-0.1, -0.05) is 68.4 Å². The Morgan fingerprint density at radius 2 is 1.33 bits per heavy atom. The van der Waals surface area contributed by atoms with Crippen LogP contribution in [0.2, 0.25) is 0 Å². The molecule has 0 aliphatic carbocycles. The first-order valence-electron chi connectivity index (χ1n) is 9.21. The molecular formula is C24H20N2O. The number of nitrogens with zero attached hydrogens (tertiary/aromatic N) is 2. The van der Waals surface area contributed by atoms with E-state index in [0.29, 0.717) is 5.39 Å². The highest BCUT2D eigenvalue weighted by atomic mass is 16.1. The summed E-state index contributed by atoms with van der Waals surface area (Å²) in [4.78, 5) is 18.0. The highest BCUT2D eigenvalue weighted by Gasteiger charge is 2.14. The second-order valence-electron chi connectivity index (χ2n) is 6.06. The highest BCUT2D eigenvalue weighted by molar-refractivity contribution is 6.14. The third kappa shape index (κ3) is 2.68. The molecule has 0 fully saturated rings. The largest absolute Gasteiger partial charge is 0.276 e. The molecule has 0 bridgehead atoms. The molecule has 3 aromatic carbocycles. The van der Waals surface area contributed by atoms with E-state index in [1.165, 1.54) is 0 Å². The van der Waals surface area contributed by atoms with E-state index in [4.69, 9.17) is 0 Å². The van der Waals surface area contributed by atoms with Crippen molar-refractivity contribution in [2.75, 3.05) is 0 Å². The molecule has 5 aromatic rings. The minimum absolute atomic E-state index is 0.0153. The lowest BCUT2D eigenvalue weighted by Crippen LogP contribution is -2.19. The van der Waals surface area contributed by atoms with Crippen LogP contribution in [0, 0.1) is 0 Å². The average Bonchev–Trinajstić information content (AvgIpc) is 2.75. The third-order valence-corrected chi connectivity index (χ3v) is 4.64. The van der Waals surface area contributed by atoms with Gasteiger partial charge in [0.25, 0.3) is 5.56 Å². The maximum Gasteiger partial charge on any atom is 0.264 e. The Morgan fingerprint density at radius 3 is 2.11 bits per heavy atom. The van der Waals surface area contributed by atoms with Crippen LogP contribution in [0.15, 0.2) is 89.9 Å². The van der Waals surface area contributed by atoms with E-state index < -0.39 is 0 Å². The maximum atomic E-state index is 13.5. The minimum Gasteiger partial charge on any atom is -0.276 e. The fourth-order valence-corrected chi connectivity index (χ4v) is 3.53. The van der Waals surface area contributed by atoms with Crippen molar-refractivity contribution in [3.63, 3.8) is 0 Å². The van der Waals surface area contributed by atoms with Crippen molar-refractivity contribution in [3.05, 3.63) is 95.4 Å². The Bertz CT molecular complexity index is 1300. The van der Waals surface area contributed by atoms with Crippen molar-refractivity contribution < 1.29 is 0 Å². The molecule has 2 heterocycles. The summed E-state index contributed by atoms with van der Waals surface area (Å²) < 4.78 is 1.80. The van der Waals surface area contributed by atoms with E-state index in [2.05, 4.69) is 4.98 Å². The second-order valence-corrected chi connectivity index (χ2v) is 6.06.